The van der Waals surface area contributed by atoms with Gasteiger partial charge in [-0.15, -0.1) is 0 Å². The SMILES string of the molecule is Cn1cc(-c2ccc3c(c2)CCN3C(=O)Cc2cccc(F)c2F)c2c(N)ncnc21. The summed E-state index contributed by atoms with van der Waals surface area (Å²) < 4.78 is 29.4. The number of fused-ring (bicyclic) bond motifs is 2. The van der Waals surface area contributed by atoms with Gasteiger partial charge in [0.25, 0.3) is 0 Å². The summed E-state index contributed by atoms with van der Waals surface area (Å²) in [5, 5.41) is 0.789. The molecule has 3 heterocycles. The Morgan fingerprint density at radius 3 is 2.87 bits per heavy atom. The van der Waals surface area contributed by atoms with Crippen LogP contribution in [0.1, 0.15) is 11.1 Å². The Hall–Kier alpha value is -3.81. The molecule has 0 saturated carbocycles. The molecule has 0 unspecified atom stereocenters. The van der Waals surface area contributed by atoms with Crippen molar-refractivity contribution in [1.29, 1.82) is 0 Å². The van der Waals surface area contributed by atoms with E-state index in [0.717, 1.165) is 39.5 Å². The Bertz CT molecular complexity index is 1350. The monoisotopic (exact) mass is 419 g/mol. The highest BCUT2D eigenvalue weighted by Crippen LogP contribution is 2.37. The van der Waals surface area contributed by atoms with Crippen LogP contribution in [0.15, 0.2) is 48.9 Å². The summed E-state index contributed by atoms with van der Waals surface area (Å²) in [6.07, 6.45) is 3.89. The molecule has 1 aliphatic heterocycles. The van der Waals surface area contributed by atoms with Crippen LogP contribution in [0, 0.1) is 11.6 Å². The molecule has 2 aromatic carbocycles. The summed E-state index contributed by atoms with van der Waals surface area (Å²) in [6.45, 7) is 0.495. The van der Waals surface area contributed by atoms with Gasteiger partial charge >= 0.3 is 0 Å². The number of aryl methyl sites for hydroxylation is 1. The van der Waals surface area contributed by atoms with Crippen molar-refractivity contribution in [1.82, 2.24) is 14.5 Å². The number of halogens is 2. The van der Waals surface area contributed by atoms with Crippen LogP contribution in [0.25, 0.3) is 22.2 Å². The van der Waals surface area contributed by atoms with Crippen molar-refractivity contribution in [3.63, 3.8) is 0 Å². The van der Waals surface area contributed by atoms with Crippen LogP contribution in [-0.4, -0.2) is 27.0 Å². The van der Waals surface area contributed by atoms with E-state index in [1.807, 2.05) is 36.0 Å². The summed E-state index contributed by atoms with van der Waals surface area (Å²) in [4.78, 5) is 22.9. The zero-order chi connectivity index (χ0) is 21.7. The van der Waals surface area contributed by atoms with Crippen molar-refractivity contribution in [2.45, 2.75) is 12.8 Å². The van der Waals surface area contributed by atoms with Gasteiger partial charge in [-0.1, -0.05) is 18.2 Å². The number of carbonyl (C=O) groups is 1. The van der Waals surface area contributed by atoms with E-state index in [1.165, 1.54) is 18.5 Å². The van der Waals surface area contributed by atoms with Crippen molar-refractivity contribution in [3.8, 4) is 11.1 Å². The van der Waals surface area contributed by atoms with Crippen molar-refractivity contribution < 1.29 is 13.6 Å². The molecule has 0 bridgehead atoms. The van der Waals surface area contributed by atoms with Crippen LogP contribution in [-0.2, 0) is 24.7 Å². The lowest BCUT2D eigenvalue weighted by Gasteiger charge is -2.18. The lowest BCUT2D eigenvalue weighted by atomic mass is 10.0. The van der Waals surface area contributed by atoms with Gasteiger partial charge in [-0.3, -0.25) is 4.79 Å². The molecule has 6 nitrogen and oxygen atoms in total. The molecule has 5 rings (SSSR count). The fraction of sp³-hybridized carbons (Fsp3) is 0.174. The maximum Gasteiger partial charge on any atom is 0.231 e. The maximum absolute atomic E-state index is 14.0. The quantitative estimate of drug-likeness (QED) is 0.550. The topological polar surface area (TPSA) is 77.0 Å². The number of nitrogen functional groups attached to an aromatic ring is 1. The molecule has 1 amide bonds. The number of rotatable bonds is 3. The highest BCUT2D eigenvalue weighted by molar-refractivity contribution is 6.02. The number of hydrogen-bond acceptors (Lipinski definition) is 4. The fourth-order valence-electron chi connectivity index (χ4n) is 4.23. The van der Waals surface area contributed by atoms with Crippen molar-refractivity contribution in [2.24, 2.45) is 7.05 Å². The van der Waals surface area contributed by atoms with Gasteiger partial charge in [-0.25, -0.2) is 18.7 Å². The van der Waals surface area contributed by atoms with Crippen LogP contribution >= 0.6 is 0 Å². The zero-order valence-corrected chi connectivity index (χ0v) is 16.8. The minimum Gasteiger partial charge on any atom is -0.383 e. The number of hydrogen-bond donors (Lipinski definition) is 1. The lowest BCUT2D eigenvalue weighted by Crippen LogP contribution is -2.30. The van der Waals surface area contributed by atoms with E-state index in [-0.39, 0.29) is 17.9 Å². The van der Waals surface area contributed by atoms with Crippen LogP contribution in [0.5, 0.6) is 0 Å². The van der Waals surface area contributed by atoms with Gasteiger partial charge in [0.2, 0.25) is 5.91 Å². The largest absolute Gasteiger partial charge is 0.383 e. The lowest BCUT2D eigenvalue weighted by molar-refractivity contribution is -0.117. The van der Waals surface area contributed by atoms with E-state index in [4.69, 9.17) is 5.73 Å². The first-order chi connectivity index (χ1) is 14.9. The van der Waals surface area contributed by atoms with Gasteiger partial charge in [-0.2, -0.15) is 0 Å². The highest BCUT2D eigenvalue weighted by Gasteiger charge is 2.26. The van der Waals surface area contributed by atoms with E-state index in [0.29, 0.717) is 18.8 Å². The fourth-order valence-corrected chi connectivity index (χ4v) is 4.23. The van der Waals surface area contributed by atoms with Gasteiger partial charge in [0.1, 0.15) is 17.8 Å². The number of benzene rings is 2. The molecule has 8 heteroatoms. The highest BCUT2D eigenvalue weighted by atomic mass is 19.2. The maximum atomic E-state index is 14.0. The molecule has 31 heavy (non-hydrogen) atoms. The predicted molar refractivity (Wildman–Crippen MR) is 114 cm³/mol. The second-order valence-electron chi connectivity index (χ2n) is 7.64. The molecule has 0 radical (unpaired) electrons. The van der Waals surface area contributed by atoms with E-state index in [2.05, 4.69) is 9.97 Å². The normalized spacial score (nSPS) is 13.1. The minimum atomic E-state index is -0.971. The van der Waals surface area contributed by atoms with Gasteiger partial charge < -0.3 is 15.2 Å². The Kier molecular flexibility index (Phi) is 4.43. The smallest absolute Gasteiger partial charge is 0.231 e. The van der Waals surface area contributed by atoms with Crippen LogP contribution in [0.4, 0.5) is 20.3 Å². The van der Waals surface area contributed by atoms with Crippen molar-refractivity contribution in [2.75, 3.05) is 17.2 Å². The van der Waals surface area contributed by atoms with E-state index < -0.39 is 11.6 Å². The Labute approximate surface area is 176 Å². The molecule has 0 atom stereocenters. The molecular formula is C23H19F2N5O. The molecule has 0 spiro atoms. The summed E-state index contributed by atoms with van der Waals surface area (Å²) in [5.41, 5.74) is 10.6. The summed E-state index contributed by atoms with van der Waals surface area (Å²) >= 11 is 0. The summed E-state index contributed by atoms with van der Waals surface area (Å²) in [6, 6.07) is 9.73. The number of nitrogens with two attached hydrogens (primary N) is 1. The van der Waals surface area contributed by atoms with Crippen molar-refractivity contribution in [3.05, 3.63) is 71.7 Å². The van der Waals surface area contributed by atoms with Crippen LogP contribution < -0.4 is 10.6 Å². The standard InChI is InChI=1S/C23H19F2N5O/c1-29-11-16(20-22(26)27-12-28-23(20)29)13-5-6-18-14(9-13)7-8-30(18)19(31)10-15-3-2-4-17(24)21(15)25/h2-6,9,11-12H,7-8,10H2,1H3,(H2,26,27,28). The molecule has 0 saturated heterocycles. The molecule has 4 aromatic rings. The number of aromatic nitrogens is 3. The number of carbonyl (C=O) groups excluding carboxylic acids is 1. The Balaban J connectivity index is 1.47. The van der Waals surface area contributed by atoms with Gasteiger partial charge in [-0.05, 0) is 35.7 Å². The first-order valence-electron chi connectivity index (χ1n) is 9.86. The third kappa shape index (κ3) is 3.11. The first-order valence-corrected chi connectivity index (χ1v) is 9.86. The van der Waals surface area contributed by atoms with Gasteiger partial charge in [0, 0.05) is 36.6 Å². The third-order valence-electron chi connectivity index (χ3n) is 5.74. The zero-order valence-electron chi connectivity index (χ0n) is 16.8. The summed E-state index contributed by atoms with van der Waals surface area (Å²) in [7, 11) is 1.90. The molecule has 156 valence electrons. The van der Waals surface area contributed by atoms with E-state index >= 15 is 0 Å². The van der Waals surface area contributed by atoms with Crippen LogP contribution in [0.3, 0.4) is 0 Å². The minimum absolute atomic E-state index is 0.0568. The Morgan fingerprint density at radius 1 is 1.19 bits per heavy atom. The molecule has 1 aliphatic rings. The number of amides is 1. The molecule has 2 aromatic heterocycles. The third-order valence-corrected chi connectivity index (χ3v) is 5.74. The average Bonchev–Trinajstić information content (AvgIpc) is 3.33. The van der Waals surface area contributed by atoms with Gasteiger partial charge in [0.15, 0.2) is 11.6 Å². The van der Waals surface area contributed by atoms with E-state index in [9.17, 15) is 13.6 Å². The second kappa shape index (κ2) is 7.16. The second-order valence-corrected chi connectivity index (χ2v) is 7.64. The molecule has 0 fully saturated rings. The first kappa shape index (κ1) is 19.2. The van der Waals surface area contributed by atoms with Crippen molar-refractivity contribution >= 4 is 28.4 Å². The van der Waals surface area contributed by atoms with E-state index in [1.54, 1.807) is 4.90 Å². The molecule has 2 N–H and O–H groups in total. The predicted octanol–water partition coefficient (Wildman–Crippen LogP) is 3.63. The van der Waals surface area contributed by atoms with Gasteiger partial charge in [0.05, 0.1) is 11.8 Å². The average molecular weight is 419 g/mol. The molecular weight excluding hydrogens is 400 g/mol. The number of nitrogens with zero attached hydrogens (tertiary/aromatic N) is 4. The number of anilines is 2. The Morgan fingerprint density at radius 2 is 2.03 bits per heavy atom. The van der Waals surface area contributed by atoms with Crippen LogP contribution in [0.2, 0.25) is 0 Å². The summed E-state index contributed by atoms with van der Waals surface area (Å²) in [5.74, 6) is -1.77. The molecule has 0 aliphatic carbocycles.